The van der Waals surface area contributed by atoms with Gasteiger partial charge in [0.1, 0.15) is 9.84 Å². The van der Waals surface area contributed by atoms with Gasteiger partial charge in [0.15, 0.2) is 0 Å². The van der Waals surface area contributed by atoms with Crippen LogP contribution in [0.15, 0.2) is 16.3 Å². The third-order valence-electron chi connectivity index (χ3n) is 3.02. The molecule has 0 spiro atoms. The van der Waals surface area contributed by atoms with Crippen molar-refractivity contribution in [1.82, 2.24) is 4.72 Å². The van der Waals surface area contributed by atoms with Crippen molar-refractivity contribution in [3.63, 3.8) is 0 Å². The Morgan fingerprint density at radius 1 is 1.37 bits per heavy atom. The molecule has 0 amide bonds. The van der Waals surface area contributed by atoms with Gasteiger partial charge in [0.05, 0.1) is 16.4 Å². The smallest absolute Gasteiger partial charge is 0.241 e. The maximum absolute atomic E-state index is 12.1. The highest BCUT2D eigenvalue weighted by Gasteiger charge is 2.27. The number of thiophene rings is 1. The van der Waals surface area contributed by atoms with E-state index in [0.717, 1.165) is 4.88 Å². The number of hydrogen-bond donors (Lipinski definition) is 2. The zero-order chi connectivity index (χ0) is 14.1. The van der Waals surface area contributed by atoms with E-state index >= 15 is 0 Å². The van der Waals surface area contributed by atoms with Crippen LogP contribution in [0.3, 0.4) is 0 Å². The molecule has 3 N–H and O–H groups in total. The van der Waals surface area contributed by atoms with Gasteiger partial charge in [0, 0.05) is 22.8 Å². The van der Waals surface area contributed by atoms with E-state index < -0.39 is 19.9 Å². The minimum Gasteiger partial charge on any atom is -0.326 e. The third kappa shape index (κ3) is 3.76. The summed E-state index contributed by atoms with van der Waals surface area (Å²) in [4.78, 5) is 0.998. The maximum atomic E-state index is 12.1. The number of sulfone groups is 1. The van der Waals surface area contributed by atoms with E-state index in [1.807, 2.05) is 0 Å². The van der Waals surface area contributed by atoms with Crippen LogP contribution in [0, 0.1) is 0 Å². The SMILES string of the molecule is NCc1cc(S(=O)(=O)NC2CCS(=O)(=O)CC2)cs1. The lowest BCUT2D eigenvalue weighted by Gasteiger charge is -2.22. The van der Waals surface area contributed by atoms with Crippen molar-refractivity contribution in [3.05, 3.63) is 16.3 Å². The van der Waals surface area contributed by atoms with Crippen LogP contribution in [0.2, 0.25) is 0 Å². The third-order valence-corrected chi connectivity index (χ3v) is 7.34. The average molecular weight is 324 g/mol. The fourth-order valence-corrected chi connectivity index (χ4v) is 5.86. The van der Waals surface area contributed by atoms with Gasteiger partial charge in [-0.3, -0.25) is 0 Å². The van der Waals surface area contributed by atoms with Gasteiger partial charge in [-0.05, 0) is 18.9 Å². The molecule has 1 aromatic rings. The van der Waals surface area contributed by atoms with Gasteiger partial charge >= 0.3 is 0 Å². The van der Waals surface area contributed by atoms with E-state index in [0.29, 0.717) is 19.4 Å². The second-order valence-electron chi connectivity index (χ2n) is 4.50. The summed E-state index contributed by atoms with van der Waals surface area (Å²) in [5.74, 6) is 0.0791. The molecule has 0 unspecified atom stereocenters. The Morgan fingerprint density at radius 2 is 2.00 bits per heavy atom. The van der Waals surface area contributed by atoms with Crippen molar-refractivity contribution < 1.29 is 16.8 Å². The molecule has 0 radical (unpaired) electrons. The van der Waals surface area contributed by atoms with Crippen molar-refractivity contribution in [2.24, 2.45) is 5.73 Å². The number of rotatable bonds is 4. The Balaban J connectivity index is 2.06. The molecule has 1 aliphatic heterocycles. The quantitative estimate of drug-likeness (QED) is 0.814. The summed E-state index contributed by atoms with van der Waals surface area (Å²) >= 11 is 1.30. The van der Waals surface area contributed by atoms with Crippen LogP contribution in [0.1, 0.15) is 17.7 Å². The Labute approximate surface area is 117 Å². The lowest BCUT2D eigenvalue weighted by molar-refractivity contribution is 0.505. The predicted octanol–water partition coefficient (Wildman–Crippen LogP) is 0.0623. The van der Waals surface area contributed by atoms with Crippen molar-refractivity contribution >= 4 is 31.2 Å². The topological polar surface area (TPSA) is 106 Å². The van der Waals surface area contributed by atoms with E-state index in [4.69, 9.17) is 5.73 Å². The van der Waals surface area contributed by atoms with E-state index in [9.17, 15) is 16.8 Å². The van der Waals surface area contributed by atoms with Gasteiger partial charge in [0.25, 0.3) is 0 Å². The molecular weight excluding hydrogens is 308 g/mol. The summed E-state index contributed by atoms with van der Waals surface area (Å²) in [6.45, 7) is 0.307. The normalized spacial score (nSPS) is 20.5. The lowest BCUT2D eigenvalue weighted by atomic mass is 10.2. The summed E-state index contributed by atoms with van der Waals surface area (Å²) in [7, 11) is -6.56. The summed E-state index contributed by atoms with van der Waals surface area (Å²) in [6.07, 6.45) is 0.658. The maximum Gasteiger partial charge on any atom is 0.241 e. The molecule has 1 aromatic heterocycles. The van der Waals surface area contributed by atoms with Crippen LogP contribution in [0.25, 0.3) is 0 Å². The Bertz CT molecular complexity index is 634. The van der Waals surface area contributed by atoms with Crippen molar-refractivity contribution in [2.75, 3.05) is 11.5 Å². The van der Waals surface area contributed by atoms with E-state index in [1.165, 1.54) is 11.3 Å². The van der Waals surface area contributed by atoms with Gasteiger partial charge in [-0.1, -0.05) is 0 Å². The molecule has 6 nitrogen and oxygen atoms in total. The molecule has 108 valence electrons. The summed E-state index contributed by atoms with van der Waals surface area (Å²) in [6, 6.07) is 1.24. The molecule has 0 saturated carbocycles. The van der Waals surface area contributed by atoms with Gasteiger partial charge in [-0.15, -0.1) is 11.3 Å². The van der Waals surface area contributed by atoms with Crippen LogP contribution < -0.4 is 10.5 Å². The van der Waals surface area contributed by atoms with Crippen LogP contribution in [0.4, 0.5) is 0 Å². The molecule has 2 rings (SSSR count). The fourth-order valence-electron chi connectivity index (χ4n) is 1.90. The molecule has 0 atom stereocenters. The van der Waals surface area contributed by atoms with Crippen molar-refractivity contribution in [1.29, 1.82) is 0 Å². The zero-order valence-corrected chi connectivity index (χ0v) is 12.7. The van der Waals surface area contributed by atoms with Crippen LogP contribution in [0.5, 0.6) is 0 Å². The van der Waals surface area contributed by atoms with Crippen LogP contribution >= 0.6 is 11.3 Å². The number of nitrogens with one attached hydrogen (secondary N) is 1. The molecule has 19 heavy (non-hydrogen) atoms. The minimum atomic E-state index is -3.58. The highest BCUT2D eigenvalue weighted by Crippen LogP contribution is 2.21. The number of hydrogen-bond acceptors (Lipinski definition) is 6. The van der Waals surface area contributed by atoms with Gasteiger partial charge in [0.2, 0.25) is 10.0 Å². The molecule has 1 saturated heterocycles. The van der Waals surface area contributed by atoms with Gasteiger partial charge < -0.3 is 5.73 Å². The highest BCUT2D eigenvalue weighted by atomic mass is 32.2. The molecule has 9 heteroatoms. The monoisotopic (exact) mass is 324 g/mol. The lowest BCUT2D eigenvalue weighted by Crippen LogP contribution is -2.40. The van der Waals surface area contributed by atoms with E-state index in [-0.39, 0.29) is 22.4 Å². The molecule has 0 aromatic carbocycles. The van der Waals surface area contributed by atoms with E-state index in [1.54, 1.807) is 11.4 Å². The summed E-state index contributed by atoms with van der Waals surface area (Å²) in [5, 5.41) is 1.55. The molecule has 0 aliphatic carbocycles. The Kier molecular flexibility index (Phi) is 4.31. The minimum absolute atomic E-state index is 0.0396. The Hall–Kier alpha value is -0.480. The first-order chi connectivity index (χ1) is 8.82. The zero-order valence-electron chi connectivity index (χ0n) is 10.2. The highest BCUT2D eigenvalue weighted by molar-refractivity contribution is 7.91. The summed E-state index contributed by atoms with van der Waals surface area (Å²) in [5.41, 5.74) is 5.45. The van der Waals surface area contributed by atoms with E-state index in [2.05, 4.69) is 4.72 Å². The number of sulfonamides is 1. The molecule has 2 heterocycles. The van der Waals surface area contributed by atoms with Gasteiger partial charge in [-0.2, -0.15) is 0 Å². The van der Waals surface area contributed by atoms with Crippen molar-refractivity contribution in [3.8, 4) is 0 Å². The largest absolute Gasteiger partial charge is 0.326 e. The second-order valence-corrected chi connectivity index (χ2v) is 9.51. The van der Waals surface area contributed by atoms with Crippen LogP contribution in [-0.4, -0.2) is 34.4 Å². The molecular formula is C10H16N2O4S3. The second kappa shape index (κ2) is 5.49. The van der Waals surface area contributed by atoms with Crippen LogP contribution in [-0.2, 0) is 26.4 Å². The summed E-state index contributed by atoms with van der Waals surface area (Å²) < 4.78 is 49.3. The molecule has 1 fully saturated rings. The standard InChI is InChI=1S/C10H16N2O4S3/c11-6-9-5-10(7-17-9)19(15,16)12-8-1-3-18(13,14)4-2-8/h5,7-8,12H,1-4,6,11H2. The predicted molar refractivity (Wildman–Crippen MR) is 74.2 cm³/mol. The fraction of sp³-hybridized carbons (Fsp3) is 0.600. The first-order valence-electron chi connectivity index (χ1n) is 5.83. The average Bonchev–Trinajstić information content (AvgIpc) is 2.81. The molecule has 1 aliphatic rings. The first-order valence-corrected chi connectivity index (χ1v) is 10.0. The first kappa shape index (κ1) is 14.9. The molecule has 0 bridgehead atoms. The van der Waals surface area contributed by atoms with Gasteiger partial charge in [-0.25, -0.2) is 21.6 Å². The number of nitrogens with two attached hydrogens (primary N) is 1. The van der Waals surface area contributed by atoms with Crippen molar-refractivity contribution in [2.45, 2.75) is 30.3 Å². The Morgan fingerprint density at radius 3 is 2.53 bits per heavy atom.